The van der Waals surface area contributed by atoms with Crippen molar-refractivity contribution in [2.24, 2.45) is 5.41 Å². The summed E-state index contributed by atoms with van der Waals surface area (Å²) in [6.45, 7) is 5.60. The van der Waals surface area contributed by atoms with Gasteiger partial charge in [-0.3, -0.25) is 9.69 Å². The molecule has 0 saturated carbocycles. The molecule has 0 amide bonds. The monoisotopic (exact) mass is 217 g/mol. The number of carboxylic acids is 1. The van der Waals surface area contributed by atoms with Crippen molar-refractivity contribution in [2.75, 3.05) is 32.9 Å². The van der Waals surface area contributed by atoms with Crippen LogP contribution in [0.1, 0.15) is 13.8 Å². The molecule has 15 heavy (non-hydrogen) atoms. The summed E-state index contributed by atoms with van der Waals surface area (Å²) < 4.78 is 5.23. The number of morpholine rings is 1. The van der Waals surface area contributed by atoms with Crippen LogP contribution in [0.25, 0.3) is 0 Å². The number of ether oxygens (including phenoxy) is 1. The highest BCUT2D eigenvalue weighted by Crippen LogP contribution is 2.20. The highest BCUT2D eigenvalue weighted by molar-refractivity contribution is 5.73. The quantitative estimate of drug-likeness (QED) is 0.682. The third-order valence-corrected chi connectivity index (χ3v) is 2.74. The molecule has 1 rings (SSSR count). The lowest BCUT2D eigenvalue weighted by molar-refractivity contribution is -0.149. The van der Waals surface area contributed by atoms with Crippen molar-refractivity contribution in [1.82, 2.24) is 4.90 Å². The minimum Gasteiger partial charge on any atom is -0.481 e. The lowest BCUT2D eigenvalue weighted by Crippen LogP contribution is -2.52. The molecule has 0 aromatic carbocycles. The molecule has 1 aliphatic heterocycles. The topological polar surface area (TPSA) is 70.0 Å². The van der Waals surface area contributed by atoms with Gasteiger partial charge in [0.1, 0.15) is 0 Å². The van der Waals surface area contributed by atoms with Crippen LogP contribution in [-0.4, -0.2) is 60.0 Å². The van der Waals surface area contributed by atoms with E-state index in [1.165, 1.54) is 0 Å². The first-order valence-corrected chi connectivity index (χ1v) is 5.13. The number of carbonyl (C=O) groups is 1. The Morgan fingerprint density at radius 2 is 2.27 bits per heavy atom. The summed E-state index contributed by atoms with van der Waals surface area (Å²) in [6, 6.07) is -0.0719. The molecule has 5 nitrogen and oxygen atoms in total. The molecule has 0 aromatic heterocycles. The Kier molecular flexibility index (Phi) is 4.07. The third-order valence-electron chi connectivity index (χ3n) is 2.74. The van der Waals surface area contributed by atoms with E-state index in [0.717, 1.165) is 0 Å². The van der Waals surface area contributed by atoms with E-state index in [9.17, 15) is 4.79 Å². The number of hydrogen-bond acceptors (Lipinski definition) is 4. The number of hydrogen-bond donors (Lipinski definition) is 2. The van der Waals surface area contributed by atoms with E-state index in [1.807, 2.05) is 4.90 Å². The van der Waals surface area contributed by atoms with E-state index < -0.39 is 11.4 Å². The summed E-state index contributed by atoms with van der Waals surface area (Å²) in [4.78, 5) is 13.0. The van der Waals surface area contributed by atoms with Crippen LogP contribution in [-0.2, 0) is 9.53 Å². The molecule has 1 unspecified atom stereocenters. The first-order valence-electron chi connectivity index (χ1n) is 5.13. The van der Waals surface area contributed by atoms with Crippen molar-refractivity contribution in [3.8, 4) is 0 Å². The Hall–Kier alpha value is -0.650. The van der Waals surface area contributed by atoms with Crippen molar-refractivity contribution in [1.29, 1.82) is 0 Å². The lowest BCUT2D eigenvalue weighted by atomic mass is 9.92. The molecule has 88 valence electrons. The maximum Gasteiger partial charge on any atom is 0.310 e. The normalized spacial score (nSPS) is 24.1. The van der Waals surface area contributed by atoms with Crippen molar-refractivity contribution in [3.05, 3.63) is 0 Å². The summed E-state index contributed by atoms with van der Waals surface area (Å²) in [6.07, 6.45) is 0. The predicted octanol–water partition coefficient (Wildman–Crippen LogP) is -0.210. The second-order valence-electron chi connectivity index (χ2n) is 4.57. The number of rotatable bonds is 4. The fraction of sp³-hybridized carbons (Fsp3) is 0.900. The zero-order valence-corrected chi connectivity index (χ0v) is 9.27. The largest absolute Gasteiger partial charge is 0.481 e. The molecule has 1 saturated heterocycles. The van der Waals surface area contributed by atoms with E-state index in [4.69, 9.17) is 14.9 Å². The van der Waals surface area contributed by atoms with E-state index in [1.54, 1.807) is 13.8 Å². The molecule has 0 radical (unpaired) electrons. The highest BCUT2D eigenvalue weighted by Gasteiger charge is 2.33. The standard InChI is InChI=1S/C10H19NO4/c1-10(2,9(13)14)7-11-3-4-15-6-8(11)5-12/h8,12H,3-7H2,1-2H3,(H,13,14). The maximum absolute atomic E-state index is 11.0. The van der Waals surface area contributed by atoms with Crippen LogP contribution in [0.5, 0.6) is 0 Å². The van der Waals surface area contributed by atoms with Gasteiger partial charge in [-0.15, -0.1) is 0 Å². The van der Waals surface area contributed by atoms with Crippen LogP contribution in [0, 0.1) is 5.41 Å². The van der Waals surface area contributed by atoms with Crippen LogP contribution in [0.3, 0.4) is 0 Å². The van der Waals surface area contributed by atoms with Gasteiger partial charge in [0.25, 0.3) is 0 Å². The van der Waals surface area contributed by atoms with Gasteiger partial charge in [0.05, 0.1) is 31.3 Å². The number of aliphatic hydroxyl groups excluding tert-OH is 1. The molecule has 2 N–H and O–H groups in total. The summed E-state index contributed by atoms with van der Waals surface area (Å²) in [5.74, 6) is -0.814. The lowest BCUT2D eigenvalue weighted by Gasteiger charge is -2.38. The van der Waals surface area contributed by atoms with Crippen LogP contribution in [0.15, 0.2) is 0 Å². The fourth-order valence-electron chi connectivity index (χ4n) is 1.64. The van der Waals surface area contributed by atoms with Gasteiger partial charge < -0.3 is 14.9 Å². The van der Waals surface area contributed by atoms with E-state index in [2.05, 4.69) is 0 Å². The van der Waals surface area contributed by atoms with Crippen molar-refractivity contribution >= 4 is 5.97 Å². The van der Waals surface area contributed by atoms with Crippen molar-refractivity contribution in [2.45, 2.75) is 19.9 Å². The zero-order valence-electron chi connectivity index (χ0n) is 9.27. The van der Waals surface area contributed by atoms with Crippen molar-refractivity contribution in [3.63, 3.8) is 0 Å². The van der Waals surface area contributed by atoms with Crippen LogP contribution < -0.4 is 0 Å². The molecule has 1 heterocycles. The Morgan fingerprint density at radius 3 is 2.80 bits per heavy atom. The van der Waals surface area contributed by atoms with Gasteiger partial charge in [-0.1, -0.05) is 0 Å². The van der Waals surface area contributed by atoms with E-state index in [0.29, 0.717) is 26.3 Å². The molecule has 1 atom stereocenters. The smallest absolute Gasteiger partial charge is 0.310 e. The van der Waals surface area contributed by atoms with Gasteiger partial charge in [0.15, 0.2) is 0 Å². The molecule has 0 bridgehead atoms. The van der Waals surface area contributed by atoms with Crippen molar-refractivity contribution < 1.29 is 19.7 Å². The second kappa shape index (κ2) is 4.92. The maximum atomic E-state index is 11.0. The highest BCUT2D eigenvalue weighted by atomic mass is 16.5. The van der Waals surface area contributed by atoms with Gasteiger partial charge >= 0.3 is 5.97 Å². The van der Waals surface area contributed by atoms with Crippen LogP contribution in [0.4, 0.5) is 0 Å². The average molecular weight is 217 g/mol. The van der Waals surface area contributed by atoms with Gasteiger partial charge in [-0.05, 0) is 13.8 Å². The summed E-state index contributed by atoms with van der Waals surface area (Å²) in [5.41, 5.74) is -0.787. The molecule has 0 aliphatic carbocycles. The molecule has 0 aromatic rings. The molecule has 0 spiro atoms. The fourth-order valence-corrected chi connectivity index (χ4v) is 1.64. The number of carboxylic acid groups (broad SMARTS) is 1. The molecule has 1 aliphatic rings. The van der Waals surface area contributed by atoms with Gasteiger partial charge in [0, 0.05) is 13.1 Å². The summed E-state index contributed by atoms with van der Waals surface area (Å²) in [7, 11) is 0. The minimum atomic E-state index is -0.814. The van der Waals surface area contributed by atoms with E-state index in [-0.39, 0.29) is 12.6 Å². The SMILES string of the molecule is CC(C)(CN1CCOCC1CO)C(=O)O. The van der Waals surface area contributed by atoms with Gasteiger partial charge in [0.2, 0.25) is 0 Å². The Labute approximate surface area is 89.6 Å². The first kappa shape index (κ1) is 12.4. The Morgan fingerprint density at radius 1 is 1.60 bits per heavy atom. The number of aliphatic hydroxyl groups is 1. The predicted molar refractivity (Wildman–Crippen MR) is 54.7 cm³/mol. The van der Waals surface area contributed by atoms with Gasteiger partial charge in [-0.2, -0.15) is 0 Å². The second-order valence-corrected chi connectivity index (χ2v) is 4.57. The summed E-state index contributed by atoms with van der Waals surface area (Å²) in [5, 5.41) is 18.1. The Balaban J connectivity index is 2.58. The van der Waals surface area contributed by atoms with E-state index >= 15 is 0 Å². The Bertz CT molecular complexity index is 229. The number of nitrogens with zero attached hydrogens (tertiary/aromatic N) is 1. The third kappa shape index (κ3) is 3.15. The molecule has 1 fully saturated rings. The summed E-state index contributed by atoms with van der Waals surface area (Å²) >= 11 is 0. The minimum absolute atomic E-state index is 0.00962. The first-order chi connectivity index (χ1) is 6.97. The van der Waals surface area contributed by atoms with Crippen LogP contribution >= 0.6 is 0 Å². The molecular formula is C10H19NO4. The molecule has 5 heteroatoms. The van der Waals surface area contributed by atoms with Gasteiger partial charge in [-0.25, -0.2) is 0 Å². The zero-order chi connectivity index (χ0) is 11.5. The number of aliphatic carboxylic acids is 1. The average Bonchev–Trinajstić information content (AvgIpc) is 2.18. The molecular weight excluding hydrogens is 198 g/mol. The van der Waals surface area contributed by atoms with Crippen LogP contribution in [0.2, 0.25) is 0 Å².